The number of rotatable bonds is 11. The lowest BCUT2D eigenvalue weighted by Crippen LogP contribution is -2.55. The van der Waals surface area contributed by atoms with Gasteiger partial charge in [-0.3, -0.25) is 19.9 Å². The van der Waals surface area contributed by atoms with Crippen LogP contribution in [0, 0.1) is 10.1 Å². The Bertz CT molecular complexity index is 1500. The van der Waals surface area contributed by atoms with Crippen LogP contribution in [0.4, 0.5) is 11.7 Å². The number of oxazole rings is 1. The molecule has 0 radical (unpaired) electrons. The van der Waals surface area contributed by atoms with E-state index in [1.165, 1.54) is 24.8 Å². The molecular formula is C32H35N5O5. The number of carbonyl (C=O) groups is 1. The Hall–Kier alpha value is -4.73. The van der Waals surface area contributed by atoms with Crippen molar-refractivity contribution >= 4 is 17.6 Å². The van der Waals surface area contributed by atoms with Gasteiger partial charge >= 0.3 is 0 Å². The number of hydrogen-bond acceptors (Lipinski definition) is 8. The van der Waals surface area contributed by atoms with Gasteiger partial charge < -0.3 is 19.8 Å². The number of nitrogens with one attached hydrogen (secondary N) is 2. The van der Waals surface area contributed by atoms with Gasteiger partial charge in [0.05, 0.1) is 18.2 Å². The molecule has 1 fully saturated rings. The first kappa shape index (κ1) is 28.8. The van der Waals surface area contributed by atoms with E-state index in [-0.39, 0.29) is 23.0 Å². The summed E-state index contributed by atoms with van der Waals surface area (Å²) in [7, 11) is 1.62. The van der Waals surface area contributed by atoms with Crippen LogP contribution < -0.4 is 15.4 Å². The molecule has 1 atom stereocenters. The van der Waals surface area contributed by atoms with E-state index in [1.54, 1.807) is 25.4 Å². The molecule has 0 bridgehead atoms. The average molecular weight is 570 g/mol. The molecule has 0 saturated heterocycles. The lowest BCUT2D eigenvalue weighted by Gasteiger charge is -2.38. The van der Waals surface area contributed by atoms with Crippen molar-refractivity contribution in [2.45, 2.75) is 56.4 Å². The van der Waals surface area contributed by atoms with Crippen LogP contribution in [0.15, 0.2) is 83.6 Å². The molecule has 1 saturated carbocycles. The zero-order valence-corrected chi connectivity index (χ0v) is 23.8. The van der Waals surface area contributed by atoms with Gasteiger partial charge in [-0.2, -0.15) is 4.98 Å². The minimum absolute atomic E-state index is 0.00622. The van der Waals surface area contributed by atoms with E-state index in [1.807, 2.05) is 49.4 Å². The van der Waals surface area contributed by atoms with E-state index in [4.69, 9.17) is 14.1 Å². The third kappa shape index (κ3) is 6.43. The van der Waals surface area contributed by atoms with Crippen LogP contribution in [0.5, 0.6) is 5.75 Å². The van der Waals surface area contributed by atoms with E-state index in [0.29, 0.717) is 30.0 Å². The van der Waals surface area contributed by atoms with Gasteiger partial charge in [-0.05, 0) is 49.6 Å². The van der Waals surface area contributed by atoms with Gasteiger partial charge in [-0.1, -0.05) is 49.6 Å². The molecule has 0 spiro atoms. The molecule has 5 rings (SSSR count). The number of hydrogen-bond donors (Lipinski definition) is 2. The zero-order chi connectivity index (χ0) is 29.6. The van der Waals surface area contributed by atoms with Gasteiger partial charge in [-0.15, -0.1) is 0 Å². The SMILES string of the molecule is COc1ccc(C2(CNC(=O)[C@](C)(Cc3ccccc3)Nc3nc(-c4ccc([N+](=O)[O-])cc4)co3)CCCCC2)nc1. The van der Waals surface area contributed by atoms with E-state index < -0.39 is 10.5 Å². The number of anilines is 1. The summed E-state index contributed by atoms with van der Waals surface area (Å²) in [4.78, 5) is 33.8. The van der Waals surface area contributed by atoms with Crippen LogP contribution in [-0.2, 0) is 16.6 Å². The number of nitro benzene ring substituents is 1. The highest BCUT2D eigenvalue weighted by Crippen LogP contribution is 2.38. The van der Waals surface area contributed by atoms with Crippen molar-refractivity contribution in [3.8, 4) is 17.0 Å². The quantitative estimate of drug-likeness (QED) is 0.164. The fourth-order valence-electron chi connectivity index (χ4n) is 5.65. The predicted molar refractivity (Wildman–Crippen MR) is 159 cm³/mol. The Balaban J connectivity index is 1.37. The first-order valence-electron chi connectivity index (χ1n) is 14.1. The molecule has 2 aromatic carbocycles. The third-order valence-electron chi connectivity index (χ3n) is 8.08. The number of non-ortho nitro benzene ring substituents is 1. The molecule has 0 aliphatic heterocycles. The van der Waals surface area contributed by atoms with Gasteiger partial charge in [0.1, 0.15) is 23.2 Å². The summed E-state index contributed by atoms with van der Waals surface area (Å²) in [5, 5.41) is 17.5. The maximum Gasteiger partial charge on any atom is 0.295 e. The van der Waals surface area contributed by atoms with Crippen LogP contribution >= 0.6 is 0 Å². The molecule has 10 nitrogen and oxygen atoms in total. The molecule has 2 aromatic heterocycles. The van der Waals surface area contributed by atoms with Crippen molar-refractivity contribution < 1.29 is 18.9 Å². The summed E-state index contributed by atoms with van der Waals surface area (Å²) in [6.07, 6.45) is 8.79. The molecule has 4 aromatic rings. The van der Waals surface area contributed by atoms with Crippen molar-refractivity contribution in [3.05, 3.63) is 101 Å². The van der Waals surface area contributed by atoms with Crippen molar-refractivity contribution in [1.29, 1.82) is 0 Å². The lowest BCUT2D eigenvalue weighted by atomic mass is 9.71. The summed E-state index contributed by atoms with van der Waals surface area (Å²) in [6.45, 7) is 2.29. The van der Waals surface area contributed by atoms with E-state index >= 15 is 0 Å². The highest BCUT2D eigenvalue weighted by molar-refractivity contribution is 5.89. The summed E-state index contributed by atoms with van der Waals surface area (Å²) in [5.74, 6) is 0.521. The molecule has 10 heteroatoms. The third-order valence-corrected chi connectivity index (χ3v) is 8.08. The largest absolute Gasteiger partial charge is 0.495 e. The van der Waals surface area contributed by atoms with Crippen molar-refractivity contribution in [1.82, 2.24) is 15.3 Å². The van der Waals surface area contributed by atoms with Gasteiger partial charge in [0.25, 0.3) is 11.7 Å². The standard InChI is InChI=1S/C32H35N5O5/c1-31(19-23-9-5-3-6-10-23,36-30-35-27(21-42-30)24-11-13-25(14-12-24)37(39)40)29(38)34-22-32(17-7-4-8-18-32)28-16-15-26(41-2)20-33-28/h3,5-6,9-16,20-21H,4,7-8,17-19,22H2,1-2H3,(H,34,38)(H,35,36)/t31-/m0/s1. The molecule has 2 N–H and O–H groups in total. The number of carbonyl (C=O) groups excluding carboxylic acids is 1. The van der Waals surface area contributed by atoms with Crippen LogP contribution in [-0.4, -0.2) is 40.0 Å². The fourth-order valence-corrected chi connectivity index (χ4v) is 5.65. The molecule has 1 aliphatic carbocycles. The Morgan fingerprint density at radius 1 is 1.07 bits per heavy atom. The number of benzene rings is 2. The Morgan fingerprint density at radius 3 is 2.45 bits per heavy atom. The molecule has 0 unspecified atom stereocenters. The minimum atomic E-state index is -1.10. The second-order valence-corrected chi connectivity index (χ2v) is 11.1. The monoisotopic (exact) mass is 569 g/mol. The van der Waals surface area contributed by atoms with Gasteiger partial charge in [-0.25, -0.2) is 0 Å². The molecular weight excluding hydrogens is 534 g/mol. The fraction of sp³-hybridized carbons (Fsp3) is 0.344. The number of ether oxygens (including phenoxy) is 1. The maximum atomic E-state index is 14.0. The Morgan fingerprint density at radius 2 is 1.81 bits per heavy atom. The Kier molecular flexibility index (Phi) is 8.51. The molecule has 1 aliphatic rings. The summed E-state index contributed by atoms with van der Waals surface area (Å²) in [5.41, 5.74) is 1.74. The lowest BCUT2D eigenvalue weighted by molar-refractivity contribution is -0.384. The predicted octanol–water partition coefficient (Wildman–Crippen LogP) is 6.09. The molecule has 218 valence electrons. The number of nitro groups is 1. The highest BCUT2D eigenvalue weighted by Gasteiger charge is 2.39. The summed E-state index contributed by atoms with van der Waals surface area (Å²) < 4.78 is 11.0. The zero-order valence-electron chi connectivity index (χ0n) is 23.8. The highest BCUT2D eigenvalue weighted by atomic mass is 16.6. The van der Waals surface area contributed by atoms with Crippen LogP contribution in [0.2, 0.25) is 0 Å². The Labute approximate surface area is 244 Å². The van der Waals surface area contributed by atoms with Crippen molar-refractivity contribution in [3.63, 3.8) is 0 Å². The normalized spacial score (nSPS) is 15.8. The molecule has 2 heterocycles. The number of pyridine rings is 1. The van der Waals surface area contributed by atoms with E-state index in [2.05, 4.69) is 15.6 Å². The smallest absolute Gasteiger partial charge is 0.295 e. The first-order valence-corrected chi connectivity index (χ1v) is 14.1. The van der Waals surface area contributed by atoms with E-state index in [9.17, 15) is 14.9 Å². The number of nitrogens with zero attached hydrogens (tertiary/aromatic N) is 3. The maximum absolute atomic E-state index is 14.0. The first-order chi connectivity index (χ1) is 20.3. The summed E-state index contributed by atoms with van der Waals surface area (Å²) >= 11 is 0. The number of methoxy groups -OCH3 is 1. The second kappa shape index (κ2) is 12.4. The van der Waals surface area contributed by atoms with Crippen molar-refractivity contribution in [2.75, 3.05) is 19.0 Å². The van der Waals surface area contributed by atoms with Crippen LogP contribution in [0.1, 0.15) is 50.3 Å². The minimum Gasteiger partial charge on any atom is -0.495 e. The topological polar surface area (TPSA) is 132 Å². The summed E-state index contributed by atoms with van der Waals surface area (Å²) in [6, 6.07) is 20.0. The number of aromatic nitrogens is 2. The molecule has 42 heavy (non-hydrogen) atoms. The molecule has 1 amide bonds. The van der Waals surface area contributed by atoms with Crippen LogP contribution in [0.25, 0.3) is 11.3 Å². The van der Waals surface area contributed by atoms with E-state index in [0.717, 1.165) is 36.9 Å². The second-order valence-electron chi connectivity index (χ2n) is 11.1. The number of amides is 1. The van der Waals surface area contributed by atoms with Gasteiger partial charge in [0.15, 0.2) is 0 Å². The van der Waals surface area contributed by atoms with Crippen molar-refractivity contribution in [2.24, 2.45) is 0 Å². The van der Waals surface area contributed by atoms with Gasteiger partial charge in [0.2, 0.25) is 5.91 Å². The van der Waals surface area contributed by atoms with Gasteiger partial charge in [0, 0.05) is 41.8 Å². The average Bonchev–Trinajstić information content (AvgIpc) is 3.49. The van der Waals surface area contributed by atoms with Crippen LogP contribution in [0.3, 0.4) is 0 Å².